The van der Waals surface area contributed by atoms with Gasteiger partial charge in [-0.05, 0) is 27.0 Å². The Bertz CT molecular complexity index is 961. The lowest BCUT2D eigenvalue weighted by Gasteiger charge is -2.37. The largest absolute Gasteiger partial charge is 0.487 e. The summed E-state index contributed by atoms with van der Waals surface area (Å²) in [4.78, 5) is 28.8. The van der Waals surface area contributed by atoms with Gasteiger partial charge in [0.2, 0.25) is 0 Å². The second-order valence-corrected chi connectivity index (χ2v) is 7.22. The first-order chi connectivity index (χ1) is 12.4. The minimum Gasteiger partial charge on any atom is -0.487 e. The SMILES string of the molecule is CC(=O)c1cn2c3c(c(N4CCN(C)CC4)c(F)cc3c1=O)OC[C@@H]2C. The molecule has 0 saturated carbocycles. The number of nitrogens with zero attached hydrogens (tertiary/aromatic N) is 3. The van der Waals surface area contributed by atoms with Gasteiger partial charge in [-0.25, -0.2) is 4.39 Å². The molecule has 0 N–H and O–H groups in total. The second-order valence-electron chi connectivity index (χ2n) is 7.22. The van der Waals surface area contributed by atoms with Crippen LogP contribution in [0.1, 0.15) is 30.2 Å². The third-order valence-corrected chi connectivity index (χ3v) is 5.34. The van der Waals surface area contributed by atoms with Gasteiger partial charge in [0.25, 0.3) is 0 Å². The molecule has 0 amide bonds. The summed E-state index contributed by atoms with van der Waals surface area (Å²) >= 11 is 0. The summed E-state index contributed by atoms with van der Waals surface area (Å²) in [6.07, 6.45) is 1.59. The number of Topliss-reactive ketones (excluding diaryl/α,β-unsaturated/α-hetero) is 1. The third-order valence-electron chi connectivity index (χ3n) is 5.34. The number of carbonyl (C=O) groups excluding carboxylic acids is 1. The van der Waals surface area contributed by atoms with Gasteiger partial charge in [-0.2, -0.15) is 0 Å². The molecule has 26 heavy (non-hydrogen) atoms. The number of anilines is 1. The van der Waals surface area contributed by atoms with Gasteiger partial charge in [0.05, 0.1) is 22.5 Å². The molecule has 0 unspecified atom stereocenters. The van der Waals surface area contributed by atoms with Crippen molar-refractivity contribution in [2.45, 2.75) is 19.9 Å². The third kappa shape index (κ3) is 2.49. The Morgan fingerprint density at radius 3 is 2.62 bits per heavy atom. The average Bonchev–Trinajstić information content (AvgIpc) is 2.60. The van der Waals surface area contributed by atoms with E-state index in [-0.39, 0.29) is 22.8 Å². The highest BCUT2D eigenvalue weighted by Gasteiger charge is 2.30. The molecule has 1 aromatic heterocycles. The van der Waals surface area contributed by atoms with Crippen LogP contribution in [0.4, 0.5) is 10.1 Å². The fraction of sp³-hybridized carbons (Fsp3) is 0.474. The fourth-order valence-electron chi connectivity index (χ4n) is 3.79. The van der Waals surface area contributed by atoms with Crippen LogP contribution in [0.3, 0.4) is 0 Å². The molecule has 0 radical (unpaired) electrons. The van der Waals surface area contributed by atoms with E-state index in [4.69, 9.17) is 4.74 Å². The van der Waals surface area contributed by atoms with E-state index in [0.29, 0.717) is 36.6 Å². The summed E-state index contributed by atoms with van der Waals surface area (Å²) in [6, 6.07) is 1.22. The number of ketones is 1. The fourth-order valence-corrected chi connectivity index (χ4v) is 3.79. The van der Waals surface area contributed by atoms with Crippen LogP contribution in [0.15, 0.2) is 17.1 Å². The van der Waals surface area contributed by atoms with Crippen LogP contribution < -0.4 is 15.1 Å². The van der Waals surface area contributed by atoms with Crippen LogP contribution in [-0.2, 0) is 0 Å². The number of hydrogen-bond donors (Lipinski definition) is 0. The van der Waals surface area contributed by atoms with E-state index in [2.05, 4.69) is 4.90 Å². The number of piperazine rings is 1. The number of pyridine rings is 1. The van der Waals surface area contributed by atoms with Gasteiger partial charge in [0.15, 0.2) is 22.8 Å². The molecule has 1 aromatic carbocycles. The van der Waals surface area contributed by atoms with Gasteiger partial charge in [0.1, 0.15) is 12.3 Å². The van der Waals surface area contributed by atoms with E-state index in [9.17, 15) is 9.59 Å². The maximum Gasteiger partial charge on any atom is 0.200 e. The van der Waals surface area contributed by atoms with E-state index < -0.39 is 11.2 Å². The van der Waals surface area contributed by atoms with Crippen molar-refractivity contribution >= 4 is 22.4 Å². The summed E-state index contributed by atoms with van der Waals surface area (Å²) in [5.74, 6) is -0.379. The molecule has 0 bridgehead atoms. The number of benzene rings is 1. The Balaban J connectivity index is 2.00. The van der Waals surface area contributed by atoms with Crippen molar-refractivity contribution in [1.82, 2.24) is 9.47 Å². The minimum absolute atomic E-state index is 0.0468. The predicted octanol–water partition coefficient (Wildman–Crippen LogP) is 2.05. The number of ether oxygens (including phenoxy) is 1. The van der Waals surface area contributed by atoms with Crippen LogP contribution in [0.25, 0.3) is 10.9 Å². The van der Waals surface area contributed by atoms with Crippen LogP contribution in [0.2, 0.25) is 0 Å². The van der Waals surface area contributed by atoms with E-state index in [1.807, 2.05) is 23.4 Å². The van der Waals surface area contributed by atoms with Crippen LogP contribution in [-0.4, -0.2) is 55.1 Å². The Labute approximate surface area is 150 Å². The van der Waals surface area contributed by atoms with Crippen molar-refractivity contribution < 1.29 is 13.9 Å². The lowest BCUT2D eigenvalue weighted by Crippen LogP contribution is -2.45. The van der Waals surface area contributed by atoms with Crippen molar-refractivity contribution in [3.63, 3.8) is 0 Å². The second kappa shape index (κ2) is 6.09. The first-order valence-electron chi connectivity index (χ1n) is 8.87. The molecule has 3 heterocycles. The van der Waals surface area contributed by atoms with Gasteiger partial charge in [-0.3, -0.25) is 9.59 Å². The zero-order chi connectivity index (χ0) is 18.6. The quantitative estimate of drug-likeness (QED) is 0.768. The Kier molecular flexibility index (Phi) is 3.99. The average molecular weight is 359 g/mol. The molecule has 1 atom stereocenters. The molecule has 1 fully saturated rings. The minimum atomic E-state index is -0.476. The summed E-state index contributed by atoms with van der Waals surface area (Å²) in [6.45, 7) is 6.74. The molecule has 0 aliphatic carbocycles. The van der Waals surface area contributed by atoms with Crippen molar-refractivity contribution in [1.29, 1.82) is 0 Å². The number of likely N-dealkylation sites (N-methyl/N-ethyl adjacent to an activating group) is 1. The Morgan fingerprint density at radius 1 is 1.27 bits per heavy atom. The number of halogens is 1. The van der Waals surface area contributed by atoms with Crippen molar-refractivity contribution in [2.75, 3.05) is 44.7 Å². The van der Waals surface area contributed by atoms with Crippen LogP contribution >= 0.6 is 0 Å². The molecule has 2 aliphatic rings. The number of hydrogen-bond acceptors (Lipinski definition) is 5. The smallest absolute Gasteiger partial charge is 0.200 e. The molecule has 2 aromatic rings. The van der Waals surface area contributed by atoms with E-state index in [1.54, 1.807) is 6.20 Å². The van der Waals surface area contributed by atoms with Gasteiger partial charge in [-0.15, -0.1) is 0 Å². The normalized spacial score (nSPS) is 20.3. The number of carbonyl (C=O) groups is 1. The number of rotatable bonds is 2. The van der Waals surface area contributed by atoms with Gasteiger partial charge >= 0.3 is 0 Å². The molecular weight excluding hydrogens is 337 g/mol. The Morgan fingerprint density at radius 2 is 1.96 bits per heavy atom. The first kappa shape index (κ1) is 17.0. The van der Waals surface area contributed by atoms with Crippen molar-refractivity contribution in [2.24, 2.45) is 0 Å². The van der Waals surface area contributed by atoms with Crippen molar-refractivity contribution in [3.8, 4) is 5.75 Å². The van der Waals surface area contributed by atoms with Gasteiger partial charge in [-0.1, -0.05) is 0 Å². The molecule has 4 rings (SSSR count). The molecule has 0 spiro atoms. The Hall–Kier alpha value is -2.41. The van der Waals surface area contributed by atoms with E-state index in [0.717, 1.165) is 13.1 Å². The van der Waals surface area contributed by atoms with E-state index >= 15 is 4.39 Å². The number of aromatic nitrogens is 1. The molecule has 6 nitrogen and oxygen atoms in total. The predicted molar refractivity (Wildman–Crippen MR) is 98.1 cm³/mol. The first-order valence-corrected chi connectivity index (χ1v) is 8.87. The van der Waals surface area contributed by atoms with Gasteiger partial charge in [0, 0.05) is 32.4 Å². The highest BCUT2D eigenvalue weighted by atomic mass is 19.1. The maximum atomic E-state index is 15.0. The molecule has 2 aliphatic heterocycles. The summed E-state index contributed by atoms with van der Waals surface area (Å²) < 4.78 is 22.8. The van der Waals surface area contributed by atoms with Crippen LogP contribution in [0.5, 0.6) is 5.75 Å². The summed E-state index contributed by atoms with van der Waals surface area (Å²) in [5, 5.41) is 0.203. The standard InChI is InChI=1S/C19H22FN3O3/c1-11-10-26-19-16-13(18(25)14(12(2)24)9-23(11)16)8-15(20)17(19)22-6-4-21(3)5-7-22/h8-9,11H,4-7,10H2,1-3H3/t11-/m0/s1. The summed E-state index contributed by atoms with van der Waals surface area (Å²) in [7, 11) is 2.04. The molecular formula is C19H22FN3O3. The highest BCUT2D eigenvalue weighted by molar-refractivity contribution is 6.00. The lowest BCUT2D eigenvalue weighted by atomic mass is 10.0. The highest BCUT2D eigenvalue weighted by Crippen LogP contribution is 2.42. The topological polar surface area (TPSA) is 54.8 Å². The zero-order valence-electron chi connectivity index (χ0n) is 15.2. The summed E-state index contributed by atoms with van der Waals surface area (Å²) in [5.41, 5.74) is 0.644. The zero-order valence-corrected chi connectivity index (χ0v) is 15.2. The molecule has 138 valence electrons. The molecule has 7 heteroatoms. The van der Waals surface area contributed by atoms with Crippen molar-refractivity contribution in [3.05, 3.63) is 33.9 Å². The monoisotopic (exact) mass is 359 g/mol. The molecule has 1 saturated heterocycles. The van der Waals surface area contributed by atoms with Crippen LogP contribution in [0, 0.1) is 5.82 Å². The van der Waals surface area contributed by atoms with Gasteiger partial charge < -0.3 is 19.1 Å². The van der Waals surface area contributed by atoms with E-state index in [1.165, 1.54) is 13.0 Å². The lowest BCUT2D eigenvalue weighted by molar-refractivity contribution is 0.101. The maximum absolute atomic E-state index is 15.0.